The molecule has 0 fully saturated rings. The Kier molecular flexibility index (Phi) is 4.26. The van der Waals surface area contributed by atoms with Gasteiger partial charge in [-0.3, -0.25) is 4.79 Å². The summed E-state index contributed by atoms with van der Waals surface area (Å²) in [5, 5.41) is 10.2. The fourth-order valence-corrected chi connectivity index (χ4v) is 2.31. The monoisotopic (exact) mass is 348 g/mol. The Balaban J connectivity index is 1.85. The molecular weight excluding hydrogens is 338 g/mol. The number of nitrogens with zero attached hydrogens (tertiary/aromatic N) is 3. The highest BCUT2D eigenvalue weighted by Crippen LogP contribution is 2.20. The molecule has 3 rings (SSSR count). The first kappa shape index (κ1) is 16.1. The first-order valence-corrected chi connectivity index (χ1v) is 7.28. The van der Waals surface area contributed by atoms with E-state index in [1.54, 1.807) is 6.92 Å². The van der Waals surface area contributed by atoms with Gasteiger partial charge in [0.05, 0.1) is 16.4 Å². The number of carbonyl (C=O) groups is 1. The summed E-state index contributed by atoms with van der Waals surface area (Å²) in [5.74, 6) is -1.46. The molecule has 1 amide bonds. The third kappa shape index (κ3) is 3.11. The molecule has 1 aromatic heterocycles. The number of nitrogens with one attached hydrogen (secondary N) is 1. The van der Waals surface area contributed by atoms with E-state index >= 15 is 0 Å². The zero-order chi connectivity index (χ0) is 17.3. The van der Waals surface area contributed by atoms with E-state index in [0.717, 1.165) is 6.07 Å². The maximum atomic E-state index is 13.1. The van der Waals surface area contributed by atoms with Gasteiger partial charge in [-0.1, -0.05) is 16.8 Å². The van der Waals surface area contributed by atoms with E-state index in [1.807, 2.05) is 0 Å². The van der Waals surface area contributed by atoms with Crippen molar-refractivity contribution in [2.75, 3.05) is 5.32 Å². The summed E-state index contributed by atoms with van der Waals surface area (Å²) in [6, 6.07) is 9.47. The fourth-order valence-electron chi connectivity index (χ4n) is 2.13. The van der Waals surface area contributed by atoms with Crippen LogP contribution in [0.25, 0.3) is 5.69 Å². The van der Waals surface area contributed by atoms with Gasteiger partial charge < -0.3 is 5.32 Å². The third-order valence-electron chi connectivity index (χ3n) is 3.36. The smallest absolute Gasteiger partial charge is 0.278 e. The summed E-state index contributed by atoms with van der Waals surface area (Å²) in [4.78, 5) is 12.3. The second-order valence-electron chi connectivity index (χ2n) is 4.99. The van der Waals surface area contributed by atoms with Crippen LogP contribution in [0.4, 0.5) is 14.5 Å². The molecule has 0 aliphatic rings. The molecule has 1 N–H and O–H groups in total. The van der Waals surface area contributed by atoms with E-state index in [0.29, 0.717) is 17.1 Å². The molecule has 1 heterocycles. The molecule has 3 aromatic rings. The largest absolute Gasteiger partial charge is 0.320 e. The molecule has 8 heteroatoms. The molecule has 5 nitrogen and oxygen atoms in total. The zero-order valence-corrected chi connectivity index (χ0v) is 13.2. The fraction of sp³-hybridized carbons (Fsp3) is 0.0625. The molecule has 0 aliphatic heterocycles. The van der Waals surface area contributed by atoms with Gasteiger partial charge in [0.15, 0.2) is 5.69 Å². The van der Waals surface area contributed by atoms with Crippen LogP contribution in [-0.4, -0.2) is 20.9 Å². The Morgan fingerprint density at radius 1 is 1.17 bits per heavy atom. The van der Waals surface area contributed by atoms with Crippen LogP contribution in [0.2, 0.25) is 5.02 Å². The Bertz CT molecular complexity index is 909. The minimum atomic E-state index is -0.576. The summed E-state index contributed by atoms with van der Waals surface area (Å²) in [6.45, 7) is 1.66. The van der Waals surface area contributed by atoms with Gasteiger partial charge in [0, 0.05) is 5.69 Å². The minimum Gasteiger partial charge on any atom is -0.320 e. The lowest BCUT2D eigenvalue weighted by molar-refractivity contribution is 0.102. The number of halogens is 3. The van der Waals surface area contributed by atoms with Crippen molar-refractivity contribution in [2.45, 2.75) is 6.92 Å². The highest BCUT2D eigenvalue weighted by molar-refractivity contribution is 6.31. The second-order valence-corrected chi connectivity index (χ2v) is 5.40. The van der Waals surface area contributed by atoms with Crippen LogP contribution in [0.5, 0.6) is 0 Å². The van der Waals surface area contributed by atoms with E-state index in [2.05, 4.69) is 15.6 Å². The van der Waals surface area contributed by atoms with E-state index < -0.39 is 11.7 Å². The highest BCUT2D eigenvalue weighted by Gasteiger charge is 2.18. The number of carbonyl (C=O) groups excluding carboxylic acids is 1. The Labute approximate surface area is 140 Å². The maximum Gasteiger partial charge on any atom is 0.278 e. The van der Waals surface area contributed by atoms with Crippen molar-refractivity contribution in [3.05, 3.63) is 70.5 Å². The summed E-state index contributed by atoms with van der Waals surface area (Å²) in [7, 11) is 0. The van der Waals surface area contributed by atoms with E-state index in [-0.39, 0.29) is 16.5 Å². The van der Waals surface area contributed by atoms with Gasteiger partial charge in [-0.05, 0) is 49.4 Å². The average Bonchev–Trinajstić information content (AvgIpc) is 2.93. The molecule has 0 atom stereocenters. The number of aromatic nitrogens is 3. The van der Waals surface area contributed by atoms with Crippen LogP contribution in [0.3, 0.4) is 0 Å². The van der Waals surface area contributed by atoms with Gasteiger partial charge in [0.2, 0.25) is 0 Å². The molecular formula is C16H11ClF2N4O. The lowest BCUT2D eigenvalue weighted by Gasteiger charge is -2.06. The van der Waals surface area contributed by atoms with E-state index in [9.17, 15) is 13.6 Å². The van der Waals surface area contributed by atoms with Crippen LogP contribution in [-0.2, 0) is 0 Å². The molecule has 0 saturated heterocycles. The molecule has 122 valence electrons. The Hall–Kier alpha value is -2.80. The van der Waals surface area contributed by atoms with Crippen molar-refractivity contribution >= 4 is 23.2 Å². The Morgan fingerprint density at radius 2 is 1.88 bits per heavy atom. The maximum absolute atomic E-state index is 13.1. The normalized spacial score (nSPS) is 10.7. The van der Waals surface area contributed by atoms with Crippen molar-refractivity contribution in [1.29, 1.82) is 0 Å². The van der Waals surface area contributed by atoms with Gasteiger partial charge in [-0.15, -0.1) is 5.10 Å². The van der Waals surface area contributed by atoms with E-state index in [1.165, 1.54) is 41.1 Å². The van der Waals surface area contributed by atoms with Crippen molar-refractivity contribution in [3.63, 3.8) is 0 Å². The van der Waals surface area contributed by atoms with Gasteiger partial charge >= 0.3 is 0 Å². The number of anilines is 1. The number of hydrogen-bond donors (Lipinski definition) is 1. The number of rotatable bonds is 3. The predicted molar refractivity (Wildman–Crippen MR) is 85.4 cm³/mol. The quantitative estimate of drug-likeness (QED) is 0.784. The topological polar surface area (TPSA) is 59.8 Å². The summed E-state index contributed by atoms with van der Waals surface area (Å²) in [5.41, 5.74) is 1.49. The summed E-state index contributed by atoms with van der Waals surface area (Å²) >= 11 is 5.68. The molecule has 0 radical (unpaired) electrons. The molecule has 0 aliphatic carbocycles. The van der Waals surface area contributed by atoms with Crippen molar-refractivity contribution in [1.82, 2.24) is 15.0 Å². The number of benzene rings is 2. The summed E-state index contributed by atoms with van der Waals surface area (Å²) in [6.07, 6.45) is 0. The summed E-state index contributed by atoms with van der Waals surface area (Å²) < 4.78 is 27.6. The van der Waals surface area contributed by atoms with E-state index in [4.69, 9.17) is 11.6 Å². The molecule has 0 unspecified atom stereocenters. The van der Waals surface area contributed by atoms with Crippen LogP contribution in [0, 0.1) is 18.6 Å². The third-order valence-corrected chi connectivity index (χ3v) is 3.65. The number of amides is 1. The SMILES string of the molecule is Cc1c(C(=O)Nc2ccc(F)c(Cl)c2)nnn1-c1ccc(F)cc1. The Morgan fingerprint density at radius 3 is 2.54 bits per heavy atom. The second kappa shape index (κ2) is 6.37. The standard InChI is InChI=1S/C16H11ClF2N4O/c1-9-15(16(24)20-11-4-7-14(19)13(17)8-11)21-22-23(9)12-5-2-10(18)3-6-12/h2-8H,1H3,(H,20,24). The van der Waals surface area contributed by atoms with Crippen molar-refractivity contribution < 1.29 is 13.6 Å². The van der Waals surface area contributed by atoms with Crippen LogP contribution >= 0.6 is 11.6 Å². The molecule has 0 saturated carbocycles. The first-order chi connectivity index (χ1) is 11.5. The van der Waals surface area contributed by atoms with Crippen LogP contribution in [0.15, 0.2) is 42.5 Å². The van der Waals surface area contributed by atoms with Crippen LogP contribution < -0.4 is 5.32 Å². The lowest BCUT2D eigenvalue weighted by Crippen LogP contribution is -2.14. The average molecular weight is 349 g/mol. The minimum absolute atomic E-state index is 0.0970. The van der Waals surface area contributed by atoms with Crippen LogP contribution in [0.1, 0.15) is 16.2 Å². The zero-order valence-electron chi connectivity index (χ0n) is 12.4. The van der Waals surface area contributed by atoms with Gasteiger partial charge in [0.1, 0.15) is 11.6 Å². The highest BCUT2D eigenvalue weighted by atomic mass is 35.5. The number of hydrogen-bond acceptors (Lipinski definition) is 3. The molecule has 0 spiro atoms. The van der Waals surface area contributed by atoms with Gasteiger partial charge in [0.25, 0.3) is 5.91 Å². The molecule has 2 aromatic carbocycles. The van der Waals surface area contributed by atoms with Gasteiger partial charge in [-0.25, -0.2) is 13.5 Å². The molecule has 0 bridgehead atoms. The predicted octanol–water partition coefficient (Wildman–Crippen LogP) is 3.76. The lowest BCUT2D eigenvalue weighted by atomic mass is 10.2. The molecule has 24 heavy (non-hydrogen) atoms. The van der Waals surface area contributed by atoms with Gasteiger partial charge in [-0.2, -0.15) is 0 Å². The van der Waals surface area contributed by atoms with Crippen molar-refractivity contribution in [3.8, 4) is 5.69 Å². The first-order valence-electron chi connectivity index (χ1n) is 6.90. The van der Waals surface area contributed by atoms with Crippen molar-refractivity contribution in [2.24, 2.45) is 0 Å².